The Hall–Kier alpha value is -2.03. The quantitative estimate of drug-likeness (QED) is 0.725. The Bertz CT molecular complexity index is 968. The van der Waals surface area contributed by atoms with Crippen molar-refractivity contribution in [2.45, 2.75) is 18.0 Å². The van der Waals surface area contributed by atoms with Crippen LogP contribution in [0, 0.1) is 0 Å². The van der Waals surface area contributed by atoms with Gasteiger partial charge in [0.05, 0.1) is 23.6 Å². The molecule has 1 aromatic carbocycles. The molecule has 0 radical (unpaired) electrons. The van der Waals surface area contributed by atoms with Crippen molar-refractivity contribution < 1.29 is 13.2 Å². The number of methoxy groups -OCH3 is 1. The Morgan fingerprint density at radius 2 is 2.08 bits per heavy atom. The van der Waals surface area contributed by atoms with Crippen LogP contribution in [-0.4, -0.2) is 31.8 Å². The lowest BCUT2D eigenvalue weighted by Crippen LogP contribution is -2.03. The van der Waals surface area contributed by atoms with Crippen LogP contribution in [0.5, 0.6) is 0 Å². The van der Waals surface area contributed by atoms with Crippen LogP contribution in [0.4, 0.5) is 5.82 Å². The summed E-state index contributed by atoms with van der Waals surface area (Å²) in [7, 11) is -1.61. The zero-order valence-electron chi connectivity index (χ0n) is 13.3. The predicted molar refractivity (Wildman–Crippen MR) is 95.0 cm³/mol. The maximum absolute atomic E-state index is 11.8. The topological polar surface area (TPSA) is 81.2 Å². The Morgan fingerprint density at radius 1 is 1.25 bits per heavy atom. The molecule has 0 fully saturated rings. The molecule has 3 rings (SSSR count). The largest absolute Gasteiger partial charge is 0.380 e. The van der Waals surface area contributed by atoms with Crippen LogP contribution < -0.4 is 5.32 Å². The number of rotatable bonds is 6. The van der Waals surface area contributed by atoms with E-state index in [1.165, 1.54) is 12.6 Å². The molecule has 0 atom stereocenters. The summed E-state index contributed by atoms with van der Waals surface area (Å²) in [4.78, 5) is 9.84. The molecule has 0 bridgehead atoms. The molecule has 126 valence electrons. The second kappa shape index (κ2) is 6.84. The van der Waals surface area contributed by atoms with Crippen LogP contribution in [0.3, 0.4) is 0 Å². The molecule has 8 heteroatoms. The summed E-state index contributed by atoms with van der Waals surface area (Å²) in [6.45, 7) is 1.19. The highest BCUT2D eigenvalue weighted by molar-refractivity contribution is 7.90. The van der Waals surface area contributed by atoms with Crippen molar-refractivity contribution in [3.63, 3.8) is 0 Å². The third-order valence-electron chi connectivity index (χ3n) is 3.48. The van der Waals surface area contributed by atoms with Crippen molar-refractivity contribution in [1.29, 1.82) is 0 Å². The summed E-state index contributed by atoms with van der Waals surface area (Å²) in [5.41, 5.74) is 1.83. The SMILES string of the molecule is COCc1csc(CNc2ncnc3ccc(S(C)(=O)=O)cc23)c1. The van der Waals surface area contributed by atoms with E-state index in [-0.39, 0.29) is 4.90 Å². The van der Waals surface area contributed by atoms with E-state index >= 15 is 0 Å². The number of aromatic nitrogens is 2. The molecule has 0 amide bonds. The zero-order chi connectivity index (χ0) is 17.2. The molecule has 2 aromatic heterocycles. The average Bonchev–Trinajstić information content (AvgIpc) is 2.99. The Balaban J connectivity index is 1.88. The fraction of sp³-hybridized carbons (Fsp3) is 0.250. The molecule has 0 aliphatic rings. The highest BCUT2D eigenvalue weighted by atomic mass is 32.2. The van der Waals surface area contributed by atoms with Gasteiger partial charge in [-0.3, -0.25) is 0 Å². The molecule has 2 heterocycles. The molecule has 24 heavy (non-hydrogen) atoms. The predicted octanol–water partition coefficient (Wildman–Crippen LogP) is 2.85. The lowest BCUT2D eigenvalue weighted by Gasteiger charge is -2.08. The highest BCUT2D eigenvalue weighted by Gasteiger charge is 2.11. The number of benzene rings is 1. The maximum atomic E-state index is 11.8. The molecular weight excluding hydrogens is 346 g/mol. The van der Waals surface area contributed by atoms with Crippen molar-refractivity contribution in [3.05, 3.63) is 46.4 Å². The molecule has 1 N–H and O–H groups in total. The lowest BCUT2D eigenvalue weighted by atomic mass is 10.2. The van der Waals surface area contributed by atoms with Crippen molar-refractivity contribution >= 4 is 37.9 Å². The normalized spacial score (nSPS) is 11.8. The second-order valence-electron chi connectivity index (χ2n) is 5.38. The Morgan fingerprint density at radius 3 is 2.83 bits per heavy atom. The molecular formula is C16H17N3O3S2. The minimum atomic E-state index is -3.28. The lowest BCUT2D eigenvalue weighted by molar-refractivity contribution is 0.185. The molecule has 0 saturated carbocycles. The molecule has 0 aliphatic heterocycles. The third-order valence-corrected chi connectivity index (χ3v) is 5.58. The van der Waals surface area contributed by atoms with Crippen molar-refractivity contribution in [1.82, 2.24) is 9.97 Å². The minimum absolute atomic E-state index is 0.256. The number of ether oxygens (including phenoxy) is 1. The molecule has 0 aliphatic carbocycles. The first kappa shape index (κ1) is 16.8. The van der Waals surface area contributed by atoms with Crippen molar-refractivity contribution in [3.8, 4) is 0 Å². The van der Waals surface area contributed by atoms with E-state index in [2.05, 4.69) is 26.7 Å². The number of anilines is 1. The van der Waals surface area contributed by atoms with Crippen molar-refractivity contribution in [2.75, 3.05) is 18.7 Å². The highest BCUT2D eigenvalue weighted by Crippen LogP contribution is 2.24. The van der Waals surface area contributed by atoms with E-state index in [4.69, 9.17) is 4.74 Å². The number of fused-ring (bicyclic) bond motifs is 1. The number of thiophene rings is 1. The van der Waals surface area contributed by atoms with Gasteiger partial charge in [0, 0.05) is 23.6 Å². The van der Waals surface area contributed by atoms with E-state index < -0.39 is 9.84 Å². The van der Waals surface area contributed by atoms with Gasteiger partial charge < -0.3 is 10.1 Å². The molecule has 6 nitrogen and oxygen atoms in total. The summed E-state index contributed by atoms with van der Waals surface area (Å²) in [5, 5.41) is 6.01. The van der Waals surface area contributed by atoms with Crippen LogP contribution in [0.15, 0.2) is 40.9 Å². The summed E-state index contributed by atoms with van der Waals surface area (Å²) in [5.74, 6) is 0.618. The van der Waals surface area contributed by atoms with Crippen LogP contribution in [0.25, 0.3) is 10.9 Å². The van der Waals surface area contributed by atoms with Gasteiger partial charge in [0.25, 0.3) is 0 Å². The smallest absolute Gasteiger partial charge is 0.175 e. The molecule has 0 saturated heterocycles. The first-order chi connectivity index (χ1) is 11.5. The van der Waals surface area contributed by atoms with E-state index in [1.807, 2.05) is 0 Å². The third kappa shape index (κ3) is 3.72. The Kier molecular flexibility index (Phi) is 4.79. The minimum Gasteiger partial charge on any atom is -0.380 e. The number of hydrogen-bond donors (Lipinski definition) is 1. The Labute approximate surface area is 144 Å². The van der Waals surface area contributed by atoms with E-state index in [1.54, 1.807) is 36.6 Å². The van der Waals surface area contributed by atoms with Gasteiger partial charge in [-0.05, 0) is 35.2 Å². The van der Waals surface area contributed by atoms with Gasteiger partial charge in [-0.25, -0.2) is 18.4 Å². The van der Waals surface area contributed by atoms with Crippen LogP contribution in [0.2, 0.25) is 0 Å². The van der Waals surface area contributed by atoms with Crippen LogP contribution >= 0.6 is 11.3 Å². The van der Waals surface area contributed by atoms with E-state index in [0.717, 1.165) is 10.4 Å². The van der Waals surface area contributed by atoms with Crippen LogP contribution in [-0.2, 0) is 27.7 Å². The number of sulfone groups is 1. The summed E-state index contributed by atoms with van der Waals surface area (Å²) < 4.78 is 28.6. The van der Waals surface area contributed by atoms with Crippen LogP contribution in [0.1, 0.15) is 10.4 Å². The molecule has 0 spiro atoms. The standard InChI is InChI=1S/C16H17N3O3S2/c1-22-8-11-5-12(23-9-11)7-17-16-14-6-13(24(2,20)21)3-4-15(14)18-10-19-16/h3-6,9-10H,7-8H2,1-2H3,(H,17,18,19). The summed E-state index contributed by atoms with van der Waals surface area (Å²) >= 11 is 1.64. The fourth-order valence-electron chi connectivity index (χ4n) is 2.34. The van der Waals surface area contributed by atoms with Gasteiger partial charge in [-0.1, -0.05) is 0 Å². The van der Waals surface area contributed by atoms with Gasteiger partial charge in [-0.2, -0.15) is 0 Å². The van der Waals surface area contributed by atoms with Gasteiger partial charge in [0.2, 0.25) is 0 Å². The van der Waals surface area contributed by atoms with Gasteiger partial charge in [0.1, 0.15) is 12.1 Å². The van der Waals surface area contributed by atoms with E-state index in [0.29, 0.717) is 29.9 Å². The molecule has 0 unspecified atom stereocenters. The van der Waals surface area contributed by atoms with Gasteiger partial charge in [0.15, 0.2) is 9.84 Å². The van der Waals surface area contributed by atoms with Gasteiger partial charge in [-0.15, -0.1) is 11.3 Å². The fourth-order valence-corrected chi connectivity index (χ4v) is 3.80. The maximum Gasteiger partial charge on any atom is 0.175 e. The molecule has 3 aromatic rings. The van der Waals surface area contributed by atoms with Gasteiger partial charge >= 0.3 is 0 Å². The number of nitrogens with zero attached hydrogens (tertiary/aromatic N) is 2. The monoisotopic (exact) mass is 363 g/mol. The average molecular weight is 363 g/mol. The summed E-state index contributed by atoms with van der Waals surface area (Å²) in [6, 6.07) is 6.94. The number of nitrogens with one attached hydrogen (secondary N) is 1. The van der Waals surface area contributed by atoms with Crippen molar-refractivity contribution in [2.24, 2.45) is 0 Å². The number of hydrogen-bond acceptors (Lipinski definition) is 7. The zero-order valence-corrected chi connectivity index (χ0v) is 14.9. The second-order valence-corrected chi connectivity index (χ2v) is 8.39. The van der Waals surface area contributed by atoms with E-state index in [9.17, 15) is 8.42 Å². The first-order valence-electron chi connectivity index (χ1n) is 7.21. The summed E-state index contributed by atoms with van der Waals surface area (Å²) in [6.07, 6.45) is 2.66. The first-order valence-corrected chi connectivity index (χ1v) is 9.98.